The van der Waals surface area contributed by atoms with Gasteiger partial charge in [-0.1, -0.05) is 32.0 Å². The van der Waals surface area contributed by atoms with E-state index in [-0.39, 0.29) is 5.91 Å². The van der Waals surface area contributed by atoms with E-state index in [1.54, 1.807) is 11.8 Å². The number of benzene rings is 1. The number of thioether (sulfide) groups is 1. The maximum atomic E-state index is 11.3. The number of amides is 1. The van der Waals surface area contributed by atoms with Gasteiger partial charge in [-0.25, -0.2) is 0 Å². The molecule has 1 N–H and O–H groups in total. The molecule has 0 aliphatic heterocycles. The zero-order chi connectivity index (χ0) is 11.8. The Morgan fingerprint density at radius 1 is 1.31 bits per heavy atom. The predicted molar refractivity (Wildman–Crippen MR) is 69.6 cm³/mol. The van der Waals surface area contributed by atoms with Crippen molar-refractivity contribution in [1.29, 1.82) is 0 Å². The van der Waals surface area contributed by atoms with Crippen LogP contribution in [0.25, 0.3) is 0 Å². The Morgan fingerprint density at radius 3 is 2.62 bits per heavy atom. The number of rotatable bonds is 6. The van der Waals surface area contributed by atoms with Crippen molar-refractivity contribution < 1.29 is 4.79 Å². The first kappa shape index (κ1) is 13.1. The van der Waals surface area contributed by atoms with Crippen molar-refractivity contribution in [2.24, 2.45) is 5.92 Å². The topological polar surface area (TPSA) is 29.1 Å². The first-order chi connectivity index (χ1) is 7.68. The summed E-state index contributed by atoms with van der Waals surface area (Å²) in [6.07, 6.45) is 0.621. The maximum Gasteiger partial charge on any atom is 0.220 e. The number of hydrogen-bond donors (Lipinski definition) is 1. The lowest BCUT2D eigenvalue weighted by Crippen LogP contribution is -2.26. The van der Waals surface area contributed by atoms with Gasteiger partial charge in [0.1, 0.15) is 0 Å². The molecule has 0 aliphatic carbocycles. The third kappa shape index (κ3) is 5.81. The highest BCUT2D eigenvalue weighted by Gasteiger charge is 2.03. The van der Waals surface area contributed by atoms with Crippen LogP contribution in [0.4, 0.5) is 0 Å². The van der Waals surface area contributed by atoms with E-state index >= 15 is 0 Å². The molecule has 0 atom stereocenters. The summed E-state index contributed by atoms with van der Waals surface area (Å²) >= 11 is 1.77. The van der Waals surface area contributed by atoms with Crippen LogP contribution in [-0.2, 0) is 4.79 Å². The van der Waals surface area contributed by atoms with Gasteiger partial charge in [-0.05, 0) is 18.1 Å². The normalized spacial score (nSPS) is 10.4. The van der Waals surface area contributed by atoms with Gasteiger partial charge in [0, 0.05) is 23.6 Å². The van der Waals surface area contributed by atoms with Crippen molar-refractivity contribution in [3.05, 3.63) is 30.3 Å². The van der Waals surface area contributed by atoms with Crippen LogP contribution in [0.2, 0.25) is 0 Å². The van der Waals surface area contributed by atoms with Crippen molar-refractivity contribution in [2.45, 2.75) is 25.2 Å². The Balaban J connectivity index is 2.10. The summed E-state index contributed by atoms with van der Waals surface area (Å²) in [5.41, 5.74) is 0. The lowest BCUT2D eigenvalue weighted by molar-refractivity contribution is -0.121. The smallest absolute Gasteiger partial charge is 0.220 e. The minimum atomic E-state index is 0.156. The lowest BCUT2D eigenvalue weighted by Gasteiger charge is -2.06. The fourth-order valence-corrected chi connectivity index (χ4v) is 2.11. The molecule has 0 bridgehead atoms. The molecule has 0 unspecified atom stereocenters. The van der Waals surface area contributed by atoms with E-state index in [2.05, 4.69) is 31.3 Å². The highest BCUT2D eigenvalue weighted by Crippen LogP contribution is 2.15. The molecule has 0 fully saturated rings. The zero-order valence-electron chi connectivity index (χ0n) is 9.90. The second-order valence-electron chi connectivity index (χ2n) is 4.11. The van der Waals surface area contributed by atoms with Crippen LogP contribution >= 0.6 is 11.8 Å². The summed E-state index contributed by atoms with van der Waals surface area (Å²) in [5.74, 6) is 1.51. The van der Waals surface area contributed by atoms with E-state index in [1.165, 1.54) is 4.90 Å². The molecule has 2 nitrogen and oxygen atoms in total. The monoisotopic (exact) mass is 237 g/mol. The Bertz CT molecular complexity index is 311. The van der Waals surface area contributed by atoms with Gasteiger partial charge in [0.05, 0.1) is 0 Å². The summed E-state index contributed by atoms with van der Waals surface area (Å²) in [5, 5.41) is 2.92. The van der Waals surface area contributed by atoms with Gasteiger partial charge < -0.3 is 5.32 Å². The fourth-order valence-electron chi connectivity index (χ4n) is 1.32. The maximum absolute atomic E-state index is 11.3. The molecule has 0 heterocycles. The van der Waals surface area contributed by atoms with Gasteiger partial charge in [-0.15, -0.1) is 11.8 Å². The average molecular weight is 237 g/mol. The van der Waals surface area contributed by atoms with Gasteiger partial charge in [0.25, 0.3) is 0 Å². The summed E-state index contributed by atoms with van der Waals surface area (Å²) in [6, 6.07) is 10.2. The number of carbonyl (C=O) groups excluding carboxylic acids is 1. The van der Waals surface area contributed by atoms with Crippen LogP contribution in [-0.4, -0.2) is 18.2 Å². The van der Waals surface area contributed by atoms with Gasteiger partial charge in [0.15, 0.2) is 0 Å². The molecular formula is C13H19NOS. The minimum Gasteiger partial charge on any atom is -0.355 e. The highest BCUT2D eigenvalue weighted by atomic mass is 32.2. The SMILES string of the molecule is CC(C)CC(=O)NCCSc1ccccc1. The fraction of sp³-hybridized carbons (Fsp3) is 0.462. The van der Waals surface area contributed by atoms with E-state index in [0.717, 1.165) is 12.3 Å². The predicted octanol–water partition coefficient (Wildman–Crippen LogP) is 2.94. The van der Waals surface area contributed by atoms with Gasteiger partial charge >= 0.3 is 0 Å². The molecule has 3 heteroatoms. The van der Waals surface area contributed by atoms with Crippen LogP contribution in [0.15, 0.2) is 35.2 Å². The van der Waals surface area contributed by atoms with Crippen LogP contribution in [0.3, 0.4) is 0 Å². The van der Waals surface area contributed by atoms with E-state index < -0.39 is 0 Å². The van der Waals surface area contributed by atoms with Crippen molar-refractivity contribution in [2.75, 3.05) is 12.3 Å². The second-order valence-corrected chi connectivity index (χ2v) is 5.28. The van der Waals surface area contributed by atoms with Gasteiger partial charge in [0.2, 0.25) is 5.91 Å². The van der Waals surface area contributed by atoms with Crippen molar-refractivity contribution >= 4 is 17.7 Å². The molecule has 88 valence electrons. The molecule has 1 aromatic rings. The third-order valence-corrected chi connectivity index (χ3v) is 3.04. The Kier molecular flexibility index (Phi) is 6.01. The van der Waals surface area contributed by atoms with Crippen molar-refractivity contribution in [3.8, 4) is 0 Å². The van der Waals surface area contributed by atoms with Crippen LogP contribution < -0.4 is 5.32 Å². The molecule has 1 rings (SSSR count). The summed E-state index contributed by atoms with van der Waals surface area (Å²) in [7, 11) is 0. The molecule has 0 spiro atoms. The van der Waals surface area contributed by atoms with Crippen LogP contribution in [0, 0.1) is 5.92 Å². The number of carbonyl (C=O) groups is 1. The molecule has 0 aliphatic rings. The first-order valence-electron chi connectivity index (χ1n) is 5.63. The molecule has 0 saturated carbocycles. The minimum absolute atomic E-state index is 0.156. The Morgan fingerprint density at radius 2 is 2.00 bits per heavy atom. The Labute approximate surface area is 102 Å². The molecular weight excluding hydrogens is 218 g/mol. The van der Waals surface area contributed by atoms with Crippen LogP contribution in [0.5, 0.6) is 0 Å². The second kappa shape index (κ2) is 7.34. The van der Waals surface area contributed by atoms with E-state index in [0.29, 0.717) is 12.3 Å². The zero-order valence-corrected chi connectivity index (χ0v) is 10.7. The van der Waals surface area contributed by atoms with Gasteiger partial charge in [-0.3, -0.25) is 4.79 Å². The van der Waals surface area contributed by atoms with Gasteiger partial charge in [-0.2, -0.15) is 0 Å². The van der Waals surface area contributed by atoms with Crippen molar-refractivity contribution in [1.82, 2.24) is 5.32 Å². The lowest BCUT2D eigenvalue weighted by atomic mass is 10.1. The molecule has 1 aromatic carbocycles. The molecule has 0 aromatic heterocycles. The standard InChI is InChI=1S/C13H19NOS/c1-11(2)10-13(15)14-8-9-16-12-6-4-3-5-7-12/h3-7,11H,8-10H2,1-2H3,(H,14,15). The van der Waals surface area contributed by atoms with E-state index in [4.69, 9.17) is 0 Å². The largest absolute Gasteiger partial charge is 0.355 e. The average Bonchev–Trinajstić information content (AvgIpc) is 2.25. The highest BCUT2D eigenvalue weighted by molar-refractivity contribution is 7.99. The van der Waals surface area contributed by atoms with E-state index in [1.807, 2.05) is 18.2 Å². The summed E-state index contributed by atoms with van der Waals surface area (Å²) < 4.78 is 0. The first-order valence-corrected chi connectivity index (χ1v) is 6.61. The molecule has 1 amide bonds. The summed E-state index contributed by atoms with van der Waals surface area (Å²) in [4.78, 5) is 12.6. The van der Waals surface area contributed by atoms with Crippen molar-refractivity contribution in [3.63, 3.8) is 0 Å². The Hall–Kier alpha value is -0.960. The summed E-state index contributed by atoms with van der Waals surface area (Å²) in [6.45, 7) is 4.85. The molecule has 0 saturated heterocycles. The van der Waals surface area contributed by atoms with Crippen LogP contribution in [0.1, 0.15) is 20.3 Å². The molecule has 0 radical (unpaired) electrons. The number of nitrogens with one attached hydrogen (secondary N) is 1. The quantitative estimate of drug-likeness (QED) is 0.609. The third-order valence-electron chi connectivity index (χ3n) is 2.03. The number of hydrogen-bond acceptors (Lipinski definition) is 2. The molecule has 16 heavy (non-hydrogen) atoms. The van der Waals surface area contributed by atoms with E-state index in [9.17, 15) is 4.79 Å².